The van der Waals surface area contributed by atoms with Gasteiger partial charge in [0.2, 0.25) is 5.60 Å². The molecular formula is C24H25N5O4. The minimum Gasteiger partial charge on any atom is -0.369 e. The fourth-order valence-corrected chi connectivity index (χ4v) is 4.79. The molecule has 5 rings (SSSR count). The maximum absolute atomic E-state index is 12.7. The highest BCUT2D eigenvalue weighted by molar-refractivity contribution is 5.91. The van der Waals surface area contributed by atoms with Crippen LogP contribution in [-0.2, 0) is 9.53 Å². The summed E-state index contributed by atoms with van der Waals surface area (Å²) in [6, 6.07) is 9.21. The molecule has 0 aliphatic carbocycles. The van der Waals surface area contributed by atoms with Gasteiger partial charge in [0.05, 0.1) is 12.1 Å². The summed E-state index contributed by atoms with van der Waals surface area (Å²) >= 11 is 0. The van der Waals surface area contributed by atoms with E-state index in [4.69, 9.17) is 4.74 Å². The van der Waals surface area contributed by atoms with Crippen LogP contribution in [0, 0.1) is 11.8 Å². The molecule has 1 aromatic heterocycles. The van der Waals surface area contributed by atoms with Crippen molar-refractivity contribution in [3.05, 3.63) is 59.7 Å². The quantitative estimate of drug-likeness (QED) is 0.666. The highest BCUT2D eigenvalue weighted by atomic mass is 16.5. The van der Waals surface area contributed by atoms with Crippen LogP contribution in [0.3, 0.4) is 0 Å². The first-order valence-corrected chi connectivity index (χ1v) is 11.0. The van der Waals surface area contributed by atoms with Gasteiger partial charge in [-0.05, 0) is 36.6 Å². The Kier molecular flexibility index (Phi) is 5.37. The van der Waals surface area contributed by atoms with Crippen molar-refractivity contribution in [2.45, 2.75) is 36.5 Å². The van der Waals surface area contributed by atoms with Crippen molar-refractivity contribution < 1.29 is 19.4 Å². The van der Waals surface area contributed by atoms with E-state index in [1.807, 2.05) is 29.3 Å². The maximum Gasteiger partial charge on any atom is 0.284 e. The van der Waals surface area contributed by atoms with Gasteiger partial charge in [0, 0.05) is 38.3 Å². The summed E-state index contributed by atoms with van der Waals surface area (Å²) in [5.74, 6) is 5.09. The number of hydrazine groups is 1. The van der Waals surface area contributed by atoms with Gasteiger partial charge in [0.25, 0.3) is 11.8 Å². The Hall–Kier alpha value is -3.32. The summed E-state index contributed by atoms with van der Waals surface area (Å²) in [6.07, 6.45) is 4.78. The fourth-order valence-electron chi connectivity index (χ4n) is 4.79. The molecule has 2 unspecified atom stereocenters. The highest BCUT2D eigenvalue weighted by Crippen LogP contribution is 2.49. The number of hydrogen-bond donors (Lipinski definition) is 2. The number of rotatable bonds is 3. The number of nitrogens with zero attached hydrogens (tertiary/aromatic N) is 4. The molecule has 3 saturated heterocycles. The van der Waals surface area contributed by atoms with Crippen LogP contribution in [0.1, 0.15) is 47.0 Å². The lowest BCUT2D eigenvalue weighted by Crippen LogP contribution is -2.65. The number of ether oxygens (including phenoxy) is 1. The molecule has 170 valence electrons. The molecule has 33 heavy (non-hydrogen) atoms. The molecule has 3 atom stereocenters. The monoisotopic (exact) mass is 447 g/mol. The van der Waals surface area contributed by atoms with Crippen LogP contribution in [0.2, 0.25) is 0 Å². The summed E-state index contributed by atoms with van der Waals surface area (Å²) in [5.41, 5.74) is 2.98. The Morgan fingerprint density at radius 3 is 2.88 bits per heavy atom. The predicted octanol–water partition coefficient (Wildman–Crippen LogP) is 0.672. The highest BCUT2D eigenvalue weighted by Gasteiger charge is 2.56. The largest absolute Gasteiger partial charge is 0.369 e. The second kappa shape index (κ2) is 8.23. The molecule has 9 heteroatoms. The molecule has 1 spiro atoms. The van der Waals surface area contributed by atoms with Crippen LogP contribution in [-0.4, -0.2) is 74.7 Å². The zero-order chi connectivity index (χ0) is 23.1. The minimum absolute atomic E-state index is 0.227. The second-order valence-electron chi connectivity index (χ2n) is 8.80. The van der Waals surface area contributed by atoms with Gasteiger partial charge in [-0.25, -0.2) is 15.0 Å². The number of hydrogen-bond acceptors (Lipinski definition) is 7. The summed E-state index contributed by atoms with van der Waals surface area (Å²) < 4.78 is 5.98. The van der Waals surface area contributed by atoms with Gasteiger partial charge in [0.1, 0.15) is 18.1 Å². The third kappa shape index (κ3) is 3.76. The third-order valence-corrected chi connectivity index (χ3v) is 6.68. The van der Waals surface area contributed by atoms with Crippen molar-refractivity contribution >= 4 is 11.8 Å². The number of likely N-dealkylation sites (tertiary alicyclic amines) is 1. The van der Waals surface area contributed by atoms with Crippen molar-refractivity contribution in [3.8, 4) is 11.8 Å². The van der Waals surface area contributed by atoms with Crippen LogP contribution >= 0.6 is 0 Å². The topological polar surface area (TPSA) is 108 Å². The molecule has 0 saturated carbocycles. The first-order chi connectivity index (χ1) is 15.9. The van der Waals surface area contributed by atoms with E-state index in [1.54, 1.807) is 13.1 Å². The minimum atomic E-state index is -1.63. The van der Waals surface area contributed by atoms with Crippen LogP contribution in [0.5, 0.6) is 0 Å². The van der Waals surface area contributed by atoms with Gasteiger partial charge in [-0.2, -0.15) is 0 Å². The SMILES string of the molecule is CN1CC[C@@](O)(C#Cc2cccc(C3OCC34CCCN4NC(=O)c3ccncn3)c2)C1=O. The Labute approximate surface area is 191 Å². The predicted molar refractivity (Wildman–Crippen MR) is 117 cm³/mol. The Morgan fingerprint density at radius 1 is 1.30 bits per heavy atom. The number of aromatic nitrogens is 2. The Morgan fingerprint density at radius 2 is 2.18 bits per heavy atom. The Balaban J connectivity index is 1.35. The molecule has 9 nitrogen and oxygen atoms in total. The molecule has 1 aromatic carbocycles. The lowest BCUT2D eigenvalue weighted by atomic mass is 9.81. The molecule has 2 amide bonds. The van der Waals surface area contributed by atoms with Gasteiger partial charge in [-0.3, -0.25) is 15.0 Å². The number of amides is 2. The van der Waals surface area contributed by atoms with Gasteiger partial charge in [-0.1, -0.05) is 24.0 Å². The molecule has 2 aromatic rings. The number of benzene rings is 1. The number of carbonyl (C=O) groups excluding carboxylic acids is 2. The van der Waals surface area contributed by atoms with E-state index in [-0.39, 0.29) is 23.5 Å². The fraction of sp³-hybridized carbons (Fsp3) is 0.417. The lowest BCUT2D eigenvalue weighted by Gasteiger charge is -2.51. The lowest BCUT2D eigenvalue weighted by molar-refractivity contribution is -0.201. The zero-order valence-electron chi connectivity index (χ0n) is 18.3. The normalized spacial score (nSPS) is 29.0. The van der Waals surface area contributed by atoms with E-state index >= 15 is 0 Å². The van der Waals surface area contributed by atoms with E-state index in [1.165, 1.54) is 17.4 Å². The molecule has 0 bridgehead atoms. The van der Waals surface area contributed by atoms with Crippen LogP contribution in [0.15, 0.2) is 42.9 Å². The average Bonchev–Trinajstić information content (AvgIpc) is 3.36. The number of likely N-dealkylation sites (N-methyl/N-ethyl adjacent to an activating group) is 1. The van der Waals surface area contributed by atoms with E-state index in [2.05, 4.69) is 27.2 Å². The van der Waals surface area contributed by atoms with Gasteiger partial charge in [0.15, 0.2) is 0 Å². The van der Waals surface area contributed by atoms with Crippen molar-refractivity contribution in [1.29, 1.82) is 0 Å². The second-order valence-corrected chi connectivity index (χ2v) is 8.80. The number of carbonyl (C=O) groups is 2. The van der Waals surface area contributed by atoms with Crippen molar-refractivity contribution in [2.75, 3.05) is 26.7 Å². The van der Waals surface area contributed by atoms with Crippen LogP contribution in [0.25, 0.3) is 0 Å². The molecule has 3 aliphatic rings. The summed E-state index contributed by atoms with van der Waals surface area (Å²) in [7, 11) is 1.66. The molecule has 2 N–H and O–H groups in total. The first kappa shape index (κ1) is 21.5. The van der Waals surface area contributed by atoms with Crippen LogP contribution < -0.4 is 5.43 Å². The first-order valence-electron chi connectivity index (χ1n) is 11.0. The number of nitrogens with one attached hydrogen (secondary N) is 1. The zero-order valence-corrected chi connectivity index (χ0v) is 18.3. The third-order valence-electron chi connectivity index (χ3n) is 6.68. The number of aliphatic hydroxyl groups is 1. The van der Waals surface area contributed by atoms with Crippen LogP contribution in [0.4, 0.5) is 0 Å². The summed E-state index contributed by atoms with van der Waals surface area (Å²) in [5, 5.41) is 12.5. The van der Waals surface area contributed by atoms with E-state index in [9.17, 15) is 14.7 Å². The molecule has 3 aliphatic heterocycles. The van der Waals surface area contributed by atoms with Gasteiger partial charge in [-0.15, -0.1) is 0 Å². The van der Waals surface area contributed by atoms with E-state index in [0.29, 0.717) is 30.8 Å². The molecule has 0 radical (unpaired) electrons. The van der Waals surface area contributed by atoms with Crippen molar-refractivity contribution in [2.24, 2.45) is 0 Å². The van der Waals surface area contributed by atoms with Gasteiger partial charge >= 0.3 is 0 Å². The Bertz CT molecular complexity index is 1150. The smallest absolute Gasteiger partial charge is 0.284 e. The molecular weight excluding hydrogens is 422 g/mol. The molecule has 4 heterocycles. The van der Waals surface area contributed by atoms with Gasteiger partial charge < -0.3 is 14.7 Å². The van der Waals surface area contributed by atoms with Crippen molar-refractivity contribution in [3.63, 3.8) is 0 Å². The summed E-state index contributed by atoms with van der Waals surface area (Å²) in [4.78, 5) is 34.2. The maximum atomic E-state index is 12.7. The standard InChI is InChI=1S/C24H25N5O4/c1-28-13-10-24(32,22(28)31)9-6-17-4-2-5-18(14-17)20-23(15-33-20)8-3-12-29(23)27-21(30)19-7-11-25-16-26-19/h2,4-5,7,11,14,16,20,32H,3,8,10,12-13,15H2,1H3,(H,27,30)/t20?,23?,24-/m0/s1. The van der Waals surface area contributed by atoms with Crippen molar-refractivity contribution in [1.82, 2.24) is 25.3 Å². The van der Waals surface area contributed by atoms with E-state index < -0.39 is 5.60 Å². The average molecular weight is 447 g/mol. The molecule has 3 fully saturated rings. The van der Waals surface area contributed by atoms with E-state index in [0.717, 1.165) is 24.9 Å². The summed E-state index contributed by atoms with van der Waals surface area (Å²) in [6.45, 7) is 1.72.